The van der Waals surface area contributed by atoms with Gasteiger partial charge in [-0.15, -0.1) is 0 Å². The summed E-state index contributed by atoms with van der Waals surface area (Å²) in [6.07, 6.45) is 0.787. The molecule has 29 heavy (non-hydrogen) atoms. The lowest BCUT2D eigenvalue weighted by molar-refractivity contribution is 0.0912. The molecule has 2 aromatic carbocycles. The van der Waals surface area contributed by atoms with Crippen LogP contribution in [0.4, 0.5) is 14.5 Å². The Morgan fingerprint density at radius 3 is 2.24 bits per heavy atom. The number of hydrogen-bond acceptors (Lipinski definition) is 4. The van der Waals surface area contributed by atoms with Gasteiger partial charge in [0.2, 0.25) is 10.0 Å². The maximum Gasteiger partial charge on any atom is 0.287 e. The molecule has 0 fully saturated rings. The molecule has 0 bridgehead atoms. The number of sulfonamides is 1. The van der Waals surface area contributed by atoms with E-state index in [9.17, 15) is 22.0 Å². The number of furan rings is 1. The number of carbonyl (C=O) groups excluding carboxylic acids is 1. The molecule has 9 heteroatoms. The third kappa shape index (κ3) is 5.00. The standard InChI is InChI=1S/C20H18F2N2O4S/c1-12(14-10-15(21)19(16(22)11-14)24-29(2,26)27)23-20(25)18-9-8-17(28-18)13-6-4-3-5-7-13/h3-12,24H,1-2H3,(H,23,25)/t12-/m1/s1. The average Bonchev–Trinajstić information content (AvgIpc) is 3.15. The molecule has 152 valence electrons. The highest BCUT2D eigenvalue weighted by atomic mass is 32.2. The molecule has 3 aromatic rings. The van der Waals surface area contributed by atoms with E-state index in [0.29, 0.717) is 5.76 Å². The summed E-state index contributed by atoms with van der Waals surface area (Å²) in [5.74, 6) is -2.17. The van der Waals surface area contributed by atoms with Gasteiger partial charge in [-0.05, 0) is 36.8 Å². The number of halogens is 2. The van der Waals surface area contributed by atoms with Gasteiger partial charge >= 0.3 is 0 Å². The van der Waals surface area contributed by atoms with Gasteiger partial charge in [-0.2, -0.15) is 0 Å². The zero-order chi connectivity index (χ0) is 21.2. The van der Waals surface area contributed by atoms with E-state index < -0.39 is 39.3 Å². The second-order valence-corrected chi connectivity index (χ2v) is 8.21. The highest BCUT2D eigenvalue weighted by Crippen LogP contribution is 2.26. The number of rotatable bonds is 6. The van der Waals surface area contributed by atoms with Crippen molar-refractivity contribution in [2.45, 2.75) is 13.0 Å². The number of nitrogens with one attached hydrogen (secondary N) is 2. The molecule has 0 aliphatic heterocycles. The molecule has 1 heterocycles. The first-order chi connectivity index (χ1) is 13.6. The maximum absolute atomic E-state index is 14.2. The molecule has 0 aliphatic carbocycles. The van der Waals surface area contributed by atoms with Crippen LogP contribution in [0.2, 0.25) is 0 Å². The molecule has 1 aromatic heterocycles. The number of carbonyl (C=O) groups is 1. The first-order valence-electron chi connectivity index (χ1n) is 8.57. The topological polar surface area (TPSA) is 88.4 Å². The van der Waals surface area contributed by atoms with Crippen LogP contribution in [-0.2, 0) is 10.0 Å². The molecule has 0 spiro atoms. The highest BCUT2D eigenvalue weighted by molar-refractivity contribution is 7.92. The van der Waals surface area contributed by atoms with Crippen LogP contribution < -0.4 is 10.0 Å². The van der Waals surface area contributed by atoms with Crippen molar-refractivity contribution in [2.75, 3.05) is 11.0 Å². The van der Waals surface area contributed by atoms with Gasteiger partial charge in [0.25, 0.3) is 5.91 Å². The van der Waals surface area contributed by atoms with Crippen LogP contribution in [0.3, 0.4) is 0 Å². The van der Waals surface area contributed by atoms with Gasteiger partial charge in [0.15, 0.2) is 17.4 Å². The summed E-state index contributed by atoms with van der Waals surface area (Å²) >= 11 is 0. The predicted octanol–water partition coefficient (Wildman–Crippen LogP) is 4.09. The van der Waals surface area contributed by atoms with Crippen molar-refractivity contribution in [1.29, 1.82) is 0 Å². The Balaban J connectivity index is 1.76. The lowest BCUT2D eigenvalue weighted by Gasteiger charge is -2.15. The minimum atomic E-state index is -3.84. The van der Waals surface area contributed by atoms with Crippen molar-refractivity contribution in [3.8, 4) is 11.3 Å². The maximum atomic E-state index is 14.2. The highest BCUT2D eigenvalue weighted by Gasteiger charge is 2.20. The van der Waals surface area contributed by atoms with Gasteiger partial charge in [0.05, 0.1) is 12.3 Å². The van der Waals surface area contributed by atoms with Crippen molar-refractivity contribution < 1.29 is 26.4 Å². The van der Waals surface area contributed by atoms with Crippen LogP contribution in [0.25, 0.3) is 11.3 Å². The van der Waals surface area contributed by atoms with Gasteiger partial charge in [0, 0.05) is 5.56 Å². The van der Waals surface area contributed by atoms with Crippen LogP contribution in [0.5, 0.6) is 0 Å². The van der Waals surface area contributed by atoms with Crippen molar-refractivity contribution in [2.24, 2.45) is 0 Å². The van der Waals surface area contributed by atoms with Gasteiger partial charge in [-0.25, -0.2) is 17.2 Å². The Labute approximate surface area is 166 Å². The summed E-state index contributed by atoms with van der Waals surface area (Å²) in [6.45, 7) is 1.54. The second kappa shape index (κ2) is 8.04. The first-order valence-corrected chi connectivity index (χ1v) is 10.5. The molecule has 0 saturated carbocycles. The van der Waals surface area contributed by atoms with Gasteiger partial charge in [0.1, 0.15) is 11.4 Å². The van der Waals surface area contributed by atoms with Crippen LogP contribution in [0.15, 0.2) is 59.0 Å². The Morgan fingerprint density at radius 2 is 1.66 bits per heavy atom. The van der Waals surface area contributed by atoms with E-state index in [0.717, 1.165) is 24.0 Å². The van der Waals surface area contributed by atoms with Crippen LogP contribution in [0.1, 0.15) is 29.1 Å². The summed E-state index contributed by atoms with van der Waals surface area (Å²) in [5, 5.41) is 2.59. The molecule has 1 amide bonds. The molecule has 6 nitrogen and oxygen atoms in total. The van der Waals surface area contributed by atoms with E-state index in [1.54, 1.807) is 10.8 Å². The fourth-order valence-corrected chi connectivity index (χ4v) is 3.26. The van der Waals surface area contributed by atoms with E-state index in [-0.39, 0.29) is 11.3 Å². The van der Waals surface area contributed by atoms with E-state index in [1.807, 2.05) is 30.3 Å². The van der Waals surface area contributed by atoms with Crippen LogP contribution in [-0.4, -0.2) is 20.6 Å². The first kappa shape index (κ1) is 20.5. The molecule has 0 unspecified atom stereocenters. The monoisotopic (exact) mass is 420 g/mol. The largest absolute Gasteiger partial charge is 0.451 e. The summed E-state index contributed by atoms with van der Waals surface area (Å²) in [5.41, 5.74) is 0.160. The van der Waals surface area contributed by atoms with E-state index in [1.165, 1.54) is 13.0 Å². The minimum absolute atomic E-state index is 0.0482. The molecular formula is C20H18F2N2O4S. The zero-order valence-electron chi connectivity index (χ0n) is 15.6. The molecule has 0 radical (unpaired) electrons. The fraction of sp³-hybridized carbons (Fsp3) is 0.150. The summed E-state index contributed by atoms with van der Waals surface area (Å²) in [7, 11) is -3.84. The van der Waals surface area contributed by atoms with E-state index >= 15 is 0 Å². The third-order valence-corrected chi connectivity index (χ3v) is 4.66. The number of anilines is 1. The van der Waals surface area contributed by atoms with Crippen LogP contribution in [0, 0.1) is 11.6 Å². The van der Waals surface area contributed by atoms with E-state index in [2.05, 4.69) is 5.32 Å². The number of hydrogen-bond donors (Lipinski definition) is 2. The lowest BCUT2D eigenvalue weighted by Crippen LogP contribution is -2.26. The van der Waals surface area contributed by atoms with E-state index in [4.69, 9.17) is 4.42 Å². The SMILES string of the molecule is C[C@@H](NC(=O)c1ccc(-c2ccccc2)o1)c1cc(F)c(NS(C)(=O)=O)c(F)c1. The van der Waals surface area contributed by atoms with Crippen molar-refractivity contribution in [3.05, 3.63) is 77.6 Å². The fourth-order valence-electron chi connectivity index (χ4n) is 2.69. The Morgan fingerprint density at radius 1 is 1.03 bits per heavy atom. The van der Waals surface area contributed by atoms with Crippen LogP contribution >= 0.6 is 0 Å². The predicted molar refractivity (Wildman–Crippen MR) is 105 cm³/mol. The summed E-state index contributed by atoms with van der Waals surface area (Å²) < 4.78 is 58.1. The Bertz CT molecular complexity index is 1120. The normalized spacial score (nSPS) is 12.4. The van der Waals surface area contributed by atoms with Crippen molar-refractivity contribution in [3.63, 3.8) is 0 Å². The summed E-state index contributed by atoms with van der Waals surface area (Å²) in [6, 6.07) is 13.5. The van der Waals surface area contributed by atoms with Crippen molar-refractivity contribution >= 4 is 21.6 Å². The lowest BCUT2D eigenvalue weighted by atomic mass is 10.1. The quantitative estimate of drug-likeness (QED) is 0.629. The molecule has 1 atom stereocenters. The molecular weight excluding hydrogens is 402 g/mol. The minimum Gasteiger partial charge on any atom is -0.451 e. The third-order valence-electron chi connectivity index (χ3n) is 4.09. The summed E-state index contributed by atoms with van der Waals surface area (Å²) in [4.78, 5) is 12.4. The van der Waals surface area contributed by atoms with Gasteiger partial charge in [-0.3, -0.25) is 9.52 Å². The molecule has 3 rings (SSSR count). The van der Waals surface area contributed by atoms with Gasteiger partial charge in [-0.1, -0.05) is 30.3 Å². The second-order valence-electron chi connectivity index (χ2n) is 6.46. The average molecular weight is 420 g/mol. The molecule has 0 saturated heterocycles. The number of benzene rings is 2. The Kier molecular flexibility index (Phi) is 5.69. The molecule has 2 N–H and O–H groups in total. The smallest absolute Gasteiger partial charge is 0.287 e. The molecule has 0 aliphatic rings. The number of amides is 1. The van der Waals surface area contributed by atoms with Gasteiger partial charge < -0.3 is 9.73 Å². The Hall–Kier alpha value is -3.20. The van der Waals surface area contributed by atoms with Crippen molar-refractivity contribution in [1.82, 2.24) is 5.32 Å². The zero-order valence-corrected chi connectivity index (χ0v) is 16.4.